The van der Waals surface area contributed by atoms with Crippen molar-refractivity contribution >= 4 is 5.91 Å². The summed E-state index contributed by atoms with van der Waals surface area (Å²) in [6, 6.07) is 4.04. The molecule has 0 fully saturated rings. The molecule has 1 aliphatic rings. The molecule has 3 nitrogen and oxygen atoms in total. The summed E-state index contributed by atoms with van der Waals surface area (Å²) in [6.45, 7) is 2.61. The molecule has 0 radical (unpaired) electrons. The van der Waals surface area contributed by atoms with Crippen LogP contribution in [0, 0.1) is 6.92 Å². The Labute approximate surface area is 83.1 Å². The van der Waals surface area contributed by atoms with Gasteiger partial charge >= 0.3 is 0 Å². The van der Waals surface area contributed by atoms with Gasteiger partial charge in [0.1, 0.15) is 5.75 Å². The van der Waals surface area contributed by atoms with Gasteiger partial charge in [0.15, 0.2) is 0 Å². The third-order valence-electron chi connectivity index (χ3n) is 2.54. The van der Waals surface area contributed by atoms with Crippen LogP contribution in [-0.2, 0) is 17.8 Å². The van der Waals surface area contributed by atoms with Gasteiger partial charge in [-0.25, -0.2) is 0 Å². The quantitative estimate of drug-likeness (QED) is 0.723. The molecule has 0 spiro atoms. The van der Waals surface area contributed by atoms with E-state index in [-0.39, 0.29) is 5.91 Å². The Bertz CT molecular complexity index is 385. The third kappa shape index (κ3) is 1.45. The summed E-state index contributed by atoms with van der Waals surface area (Å²) >= 11 is 0. The fourth-order valence-electron chi connectivity index (χ4n) is 1.77. The van der Waals surface area contributed by atoms with Gasteiger partial charge in [-0.3, -0.25) is 4.79 Å². The average molecular weight is 191 g/mol. The Kier molecular flexibility index (Phi) is 2.15. The van der Waals surface area contributed by atoms with E-state index in [1.54, 1.807) is 7.11 Å². The molecule has 0 saturated carbocycles. The number of methoxy groups -OCH3 is 1. The monoisotopic (exact) mass is 191 g/mol. The van der Waals surface area contributed by atoms with Gasteiger partial charge in [-0.1, -0.05) is 6.07 Å². The van der Waals surface area contributed by atoms with Crippen molar-refractivity contribution in [3.63, 3.8) is 0 Å². The molecule has 0 saturated heterocycles. The maximum Gasteiger partial charge on any atom is 0.224 e. The van der Waals surface area contributed by atoms with Gasteiger partial charge in [0, 0.05) is 6.54 Å². The smallest absolute Gasteiger partial charge is 0.224 e. The average Bonchev–Trinajstić information content (AvgIpc) is 2.16. The van der Waals surface area contributed by atoms with E-state index in [4.69, 9.17) is 4.74 Å². The van der Waals surface area contributed by atoms with Crippen molar-refractivity contribution in [2.45, 2.75) is 19.9 Å². The van der Waals surface area contributed by atoms with Gasteiger partial charge in [-0.2, -0.15) is 0 Å². The second kappa shape index (κ2) is 3.33. The molecular weight excluding hydrogens is 178 g/mol. The maximum atomic E-state index is 11.1. The fraction of sp³-hybridized carbons (Fsp3) is 0.364. The molecule has 1 aromatic carbocycles. The fourth-order valence-corrected chi connectivity index (χ4v) is 1.77. The molecule has 1 aliphatic heterocycles. The minimum Gasteiger partial charge on any atom is -0.496 e. The number of fused-ring (bicyclic) bond motifs is 1. The molecule has 3 heteroatoms. The van der Waals surface area contributed by atoms with Gasteiger partial charge in [-0.05, 0) is 29.7 Å². The molecule has 74 valence electrons. The molecule has 0 aromatic heterocycles. The van der Waals surface area contributed by atoms with Gasteiger partial charge in [-0.15, -0.1) is 0 Å². The summed E-state index contributed by atoms with van der Waals surface area (Å²) in [5.41, 5.74) is 3.36. The molecule has 14 heavy (non-hydrogen) atoms. The topological polar surface area (TPSA) is 38.3 Å². The van der Waals surface area contributed by atoms with E-state index < -0.39 is 0 Å². The molecule has 2 rings (SSSR count). The van der Waals surface area contributed by atoms with Crippen LogP contribution in [0.2, 0.25) is 0 Å². The van der Waals surface area contributed by atoms with Crippen LogP contribution in [0.25, 0.3) is 0 Å². The summed E-state index contributed by atoms with van der Waals surface area (Å²) in [5, 5.41) is 2.81. The van der Waals surface area contributed by atoms with Crippen molar-refractivity contribution in [1.82, 2.24) is 5.32 Å². The normalized spacial score (nSPS) is 14.6. The zero-order valence-electron chi connectivity index (χ0n) is 8.39. The molecule has 0 unspecified atom stereocenters. The summed E-state index contributed by atoms with van der Waals surface area (Å²) in [5.74, 6) is 0.988. The lowest BCUT2D eigenvalue weighted by Crippen LogP contribution is -2.30. The van der Waals surface area contributed by atoms with Crippen LogP contribution in [0.4, 0.5) is 0 Å². The summed E-state index contributed by atoms with van der Waals surface area (Å²) in [6.07, 6.45) is 0.486. The Hall–Kier alpha value is -1.51. The standard InChI is InChI=1S/C11H13NO2/c1-7-3-8-5-11(13)12-6-9(8)4-10(7)14-2/h3-4H,5-6H2,1-2H3,(H,12,13). The van der Waals surface area contributed by atoms with E-state index in [0.29, 0.717) is 13.0 Å². The lowest BCUT2D eigenvalue weighted by atomic mass is 9.98. The highest BCUT2D eigenvalue weighted by atomic mass is 16.5. The molecule has 1 amide bonds. The van der Waals surface area contributed by atoms with Gasteiger partial charge in [0.05, 0.1) is 13.5 Å². The maximum absolute atomic E-state index is 11.1. The number of hydrogen-bond donors (Lipinski definition) is 1. The van der Waals surface area contributed by atoms with Crippen molar-refractivity contribution < 1.29 is 9.53 Å². The molecule has 0 aliphatic carbocycles. The van der Waals surface area contributed by atoms with Crippen LogP contribution in [0.3, 0.4) is 0 Å². The molecular formula is C11H13NO2. The lowest BCUT2D eigenvalue weighted by Gasteiger charge is -2.18. The Morgan fingerprint density at radius 1 is 1.36 bits per heavy atom. The molecule has 0 atom stereocenters. The zero-order chi connectivity index (χ0) is 10.1. The highest BCUT2D eigenvalue weighted by Crippen LogP contribution is 2.24. The van der Waals surface area contributed by atoms with E-state index >= 15 is 0 Å². The summed E-state index contributed by atoms with van der Waals surface area (Å²) < 4.78 is 5.23. The predicted molar refractivity (Wildman–Crippen MR) is 53.3 cm³/mol. The Morgan fingerprint density at radius 3 is 2.86 bits per heavy atom. The van der Waals surface area contributed by atoms with Crippen molar-refractivity contribution in [3.8, 4) is 5.75 Å². The highest BCUT2D eigenvalue weighted by molar-refractivity contribution is 5.80. The first-order valence-corrected chi connectivity index (χ1v) is 4.64. The first-order chi connectivity index (χ1) is 6.70. The largest absolute Gasteiger partial charge is 0.496 e. The third-order valence-corrected chi connectivity index (χ3v) is 2.54. The number of hydrogen-bond acceptors (Lipinski definition) is 2. The Balaban J connectivity index is 2.45. The van der Waals surface area contributed by atoms with Gasteiger partial charge in [0.2, 0.25) is 5.91 Å². The second-order valence-corrected chi connectivity index (χ2v) is 3.54. The van der Waals surface area contributed by atoms with Crippen LogP contribution >= 0.6 is 0 Å². The molecule has 1 aromatic rings. The minimum atomic E-state index is 0.0991. The van der Waals surface area contributed by atoms with E-state index in [0.717, 1.165) is 22.4 Å². The molecule has 1 heterocycles. The van der Waals surface area contributed by atoms with E-state index in [1.165, 1.54) is 0 Å². The van der Waals surface area contributed by atoms with Gasteiger partial charge < -0.3 is 10.1 Å². The predicted octanol–water partition coefficient (Wildman–Crippen LogP) is 1.18. The number of carbonyl (C=O) groups excluding carboxylic acids is 1. The van der Waals surface area contributed by atoms with Crippen molar-refractivity contribution in [1.29, 1.82) is 0 Å². The summed E-state index contributed by atoms with van der Waals surface area (Å²) in [7, 11) is 1.66. The number of ether oxygens (including phenoxy) is 1. The number of carbonyl (C=O) groups is 1. The minimum absolute atomic E-state index is 0.0991. The van der Waals surface area contributed by atoms with Crippen LogP contribution in [-0.4, -0.2) is 13.0 Å². The van der Waals surface area contributed by atoms with E-state index in [1.807, 2.05) is 19.1 Å². The second-order valence-electron chi connectivity index (χ2n) is 3.54. The molecule has 0 bridgehead atoms. The van der Waals surface area contributed by atoms with Crippen LogP contribution in [0.1, 0.15) is 16.7 Å². The van der Waals surface area contributed by atoms with Crippen LogP contribution in [0.5, 0.6) is 5.75 Å². The number of rotatable bonds is 1. The number of nitrogens with one attached hydrogen (secondary N) is 1. The zero-order valence-corrected chi connectivity index (χ0v) is 8.39. The van der Waals surface area contributed by atoms with Crippen LogP contribution in [0.15, 0.2) is 12.1 Å². The number of benzene rings is 1. The van der Waals surface area contributed by atoms with Gasteiger partial charge in [0.25, 0.3) is 0 Å². The van der Waals surface area contributed by atoms with Crippen molar-refractivity contribution in [3.05, 3.63) is 28.8 Å². The molecule has 1 N–H and O–H groups in total. The first kappa shape index (κ1) is 9.06. The van der Waals surface area contributed by atoms with E-state index in [2.05, 4.69) is 5.32 Å². The van der Waals surface area contributed by atoms with Crippen molar-refractivity contribution in [2.75, 3.05) is 7.11 Å². The van der Waals surface area contributed by atoms with E-state index in [9.17, 15) is 4.79 Å². The van der Waals surface area contributed by atoms with Crippen molar-refractivity contribution in [2.24, 2.45) is 0 Å². The number of amides is 1. The summed E-state index contributed by atoms with van der Waals surface area (Å²) in [4.78, 5) is 11.1. The first-order valence-electron chi connectivity index (χ1n) is 4.64. The SMILES string of the molecule is COc1cc2c(cc1C)CC(=O)NC2. The lowest BCUT2D eigenvalue weighted by molar-refractivity contribution is -0.121. The highest BCUT2D eigenvalue weighted by Gasteiger charge is 2.16. The number of aryl methyl sites for hydroxylation is 1. The van der Waals surface area contributed by atoms with Crippen LogP contribution < -0.4 is 10.1 Å². The Morgan fingerprint density at radius 2 is 2.14 bits per heavy atom.